The lowest BCUT2D eigenvalue weighted by Crippen LogP contribution is -2.38. The van der Waals surface area contributed by atoms with Crippen LogP contribution in [0.25, 0.3) is 0 Å². The first-order valence-corrected chi connectivity index (χ1v) is 9.01. The molecule has 0 spiro atoms. The Kier molecular flexibility index (Phi) is 6.12. The molecule has 1 saturated heterocycles. The molecule has 7 nitrogen and oxygen atoms in total. The fourth-order valence-corrected chi connectivity index (χ4v) is 2.82. The van der Waals surface area contributed by atoms with Crippen LogP contribution in [0.1, 0.15) is 18.5 Å². The molecule has 0 bridgehead atoms. The number of methoxy groups -OCH3 is 1. The lowest BCUT2D eigenvalue weighted by Gasteiger charge is -2.30. The van der Waals surface area contributed by atoms with Crippen molar-refractivity contribution in [2.45, 2.75) is 19.8 Å². The molecule has 1 aromatic heterocycles. The number of anilines is 3. The summed E-state index contributed by atoms with van der Waals surface area (Å²) in [5, 5.41) is 6.27. The quantitative estimate of drug-likeness (QED) is 0.668. The molecule has 0 amide bonds. The minimum Gasteiger partial charge on any atom is -0.493 e. The second-order valence-corrected chi connectivity index (χ2v) is 6.36. The highest BCUT2D eigenvalue weighted by Gasteiger charge is 2.13. The Morgan fingerprint density at radius 1 is 1.15 bits per heavy atom. The van der Waals surface area contributed by atoms with Crippen molar-refractivity contribution in [3.63, 3.8) is 0 Å². The van der Waals surface area contributed by atoms with Crippen LogP contribution in [0.2, 0.25) is 0 Å². The largest absolute Gasteiger partial charge is 0.493 e. The highest BCUT2D eigenvalue weighted by atomic mass is 16.5. The smallest absolute Gasteiger partial charge is 0.229 e. The molecule has 1 aliphatic heterocycles. The van der Waals surface area contributed by atoms with E-state index in [9.17, 15) is 0 Å². The average Bonchev–Trinajstić information content (AvgIpc) is 2.59. The second kappa shape index (κ2) is 8.71. The Labute approximate surface area is 154 Å². The van der Waals surface area contributed by atoms with Crippen LogP contribution in [-0.4, -0.2) is 55.3 Å². The highest BCUT2D eigenvalue weighted by molar-refractivity contribution is 5.60. The molecule has 2 heterocycles. The van der Waals surface area contributed by atoms with Gasteiger partial charge in [-0.05, 0) is 45.0 Å². The summed E-state index contributed by atoms with van der Waals surface area (Å²) in [4.78, 5) is 11.3. The lowest BCUT2D eigenvalue weighted by atomic mass is 10.2. The number of aromatic nitrogens is 2. The fraction of sp³-hybridized carbons (Fsp3) is 0.474. The molecule has 26 heavy (non-hydrogen) atoms. The number of hydrogen-bond acceptors (Lipinski definition) is 7. The summed E-state index contributed by atoms with van der Waals surface area (Å²) in [6.45, 7) is 6.13. The maximum absolute atomic E-state index is 5.95. The van der Waals surface area contributed by atoms with E-state index in [0.717, 1.165) is 41.7 Å². The van der Waals surface area contributed by atoms with Crippen LogP contribution in [0, 0.1) is 6.92 Å². The summed E-state index contributed by atoms with van der Waals surface area (Å²) >= 11 is 0. The predicted molar refractivity (Wildman–Crippen MR) is 104 cm³/mol. The van der Waals surface area contributed by atoms with Gasteiger partial charge in [0.25, 0.3) is 0 Å². The van der Waals surface area contributed by atoms with E-state index in [2.05, 4.69) is 25.5 Å². The molecule has 0 unspecified atom stereocenters. The third-order valence-corrected chi connectivity index (χ3v) is 4.36. The molecule has 0 saturated carbocycles. The number of benzene rings is 1. The van der Waals surface area contributed by atoms with Crippen LogP contribution in [0.4, 0.5) is 17.5 Å². The first kappa shape index (κ1) is 18.3. The van der Waals surface area contributed by atoms with E-state index in [1.165, 1.54) is 19.5 Å². The summed E-state index contributed by atoms with van der Waals surface area (Å²) < 4.78 is 11.4. The van der Waals surface area contributed by atoms with Gasteiger partial charge in [0.15, 0.2) is 11.5 Å². The van der Waals surface area contributed by atoms with Crippen LogP contribution in [0.3, 0.4) is 0 Å². The first-order valence-electron chi connectivity index (χ1n) is 9.01. The zero-order valence-corrected chi connectivity index (χ0v) is 15.7. The highest BCUT2D eigenvalue weighted by Crippen LogP contribution is 2.31. The molecule has 140 valence electrons. The molecule has 0 atom stereocenters. The molecule has 7 heteroatoms. The van der Waals surface area contributed by atoms with E-state index in [4.69, 9.17) is 9.47 Å². The van der Waals surface area contributed by atoms with Crippen molar-refractivity contribution < 1.29 is 9.47 Å². The topological polar surface area (TPSA) is 71.5 Å². The van der Waals surface area contributed by atoms with E-state index in [1.54, 1.807) is 7.11 Å². The van der Waals surface area contributed by atoms with Gasteiger partial charge in [0.1, 0.15) is 5.82 Å². The number of likely N-dealkylation sites (tertiary alicyclic amines) is 1. The third-order valence-electron chi connectivity index (χ3n) is 4.36. The standard InChI is InChI=1S/C19H27N5O2/c1-14-12-18(20-2)23-19(21-14)22-15-6-7-16(25-3)17(13-15)26-11-5-10-24-8-4-9-24/h6-7,12-13H,4-5,8-11H2,1-3H3,(H2,20,21,22,23). The van der Waals surface area contributed by atoms with Gasteiger partial charge in [0, 0.05) is 37.1 Å². The molecule has 2 N–H and O–H groups in total. The summed E-state index contributed by atoms with van der Waals surface area (Å²) in [6.07, 6.45) is 2.33. The van der Waals surface area contributed by atoms with Crippen molar-refractivity contribution in [3.05, 3.63) is 30.0 Å². The molecular weight excluding hydrogens is 330 g/mol. The Bertz CT molecular complexity index is 734. The number of hydrogen-bond donors (Lipinski definition) is 2. The Morgan fingerprint density at radius 2 is 2.00 bits per heavy atom. The molecule has 0 radical (unpaired) electrons. The molecule has 1 aromatic carbocycles. The summed E-state index contributed by atoms with van der Waals surface area (Å²) in [5.74, 6) is 2.77. The van der Waals surface area contributed by atoms with Gasteiger partial charge in [-0.2, -0.15) is 4.98 Å². The van der Waals surface area contributed by atoms with Crippen LogP contribution in [0.5, 0.6) is 11.5 Å². The van der Waals surface area contributed by atoms with E-state index in [1.807, 2.05) is 38.2 Å². The van der Waals surface area contributed by atoms with Crippen LogP contribution in [-0.2, 0) is 0 Å². The zero-order valence-electron chi connectivity index (χ0n) is 15.7. The first-order chi connectivity index (χ1) is 12.7. The van der Waals surface area contributed by atoms with E-state index < -0.39 is 0 Å². The Hall–Kier alpha value is -2.54. The number of nitrogens with one attached hydrogen (secondary N) is 2. The maximum Gasteiger partial charge on any atom is 0.229 e. The van der Waals surface area contributed by atoms with Crippen molar-refractivity contribution in [2.24, 2.45) is 0 Å². The van der Waals surface area contributed by atoms with Crippen molar-refractivity contribution in [2.75, 3.05) is 51.0 Å². The summed E-state index contributed by atoms with van der Waals surface area (Å²) in [7, 11) is 3.49. The van der Waals surface area contributed by atoms with Gasteiger partial charge in [0.05, 0.1) is 13.7 Å². The van der Waals surface area contributed by atoms with Gasteiger partial charge in [-0.15, -0.1) is 0 Å². The van der Waals surface area contributed by atoms with Crippen molar-refractivity contribution in [1.29, 1.82) is 0 Å². The van der Waals surface area contributed by atoms with E-state index >= 15 is 0 Å². The van der Waals surface area contributed by atoms with Crippen molar-refractivity contribution >= 4 is 17.5 Å². The molecule has 1 fully saturated rings. The zero-order chi connectivity index (χ0) is 18.4. The number of nitrogens with zero attached hydrogens (tertiary/aromatic N) is 3. The van der Waals surface area contributed by atoms with E-state index in [0.29, 0.717) is 12.6 Å². The lowest BCUT2D eigenvalue weighted by molar-refractivity contribution is 0.164. The van der Waals surface area contributed by atoms with Gasteiger partial charge in [-0.1, -0.05) is 0 Å². The SMILES string of the molecule is CNc1cc(C)nc(Nc2ccc(OC)c(OCCCN3CCC3)c2)n1. The maximum atomic E-state index is 5.95. The number of ether oxygens (including phenoxy) is 2. The molecule has 1 aliphatic rings. The minimum absolute atomic E-state index is 0.545. The second-order valence-electron chi connectivity index (χ2n) is 6.36. The van der Waals surface area contributed by atoms with Gasteiger partial charge in [-0.3, -0.25) is 0 Å². The van der Waals surface area contributed by atoms with Crippen LogP contribution < -0.4 is 20.1 Å². The van der Waals surface area contributed by atoms with Crippen LogP contribution in [0.15, 0.2) is 24.3 Å². The third kappa shape index (κ3) is 4.76. The normalized spacial score (nSPS) is 13.8. The predicted octanol–water partition coefficient (Wildman–Crippen LogP) is 3.05. The molecular formula is C19H27N5O2. The number of aryl methyl sites for hydroxylation is 1. The van der Waals surface area contributed by atoms with Gasteiger partial charge >= 0.3 is 0 Å². The summed E-state index contributed by atoms with van der Waals surface area (Å²) in [6, 6.07) is 7.64. The fourth-order valence-electron chi connectivity index (χ4n) is 2.82. The monoisotopic (exact) mass is 357 g/mol. The average molecular weight is 357 g/mol. The number of rotatable bonds is 9. The van der Waals surface area contributed by atoms with Gasteiger partial charge in [-0.25, -0.2) is 4.98 Å². The van der Waals surface area contributed by atoms with Gasteiger partial charge in [0.2, 0.25) is 5.95 Å². The Morgan fingerprint density at radius 3 is 2.69 bits per heavy atom. The van der Waals surface area contributed by atoms with Crippen LogP contribution >= 0.6 is 0 Å². The van der Waals surface area contributed by atoms with E-state index in [-0.39, 0.29) is 0 Å². The van der Waals surface area contributed by atoms with Gasteiger partial charge < -0.3 is 25.0 Å². The van der Waals surface area contributed by atoms with Crippen molar-refractivity contribution in [1.82, 2.24) is 14.9 Å². The molecule has 2 aromatic rings. The van der Waals surface area contributed by atoms with Crippen molar-refractivity contribution in [3.8, 4) is 11.5 Å². The Balaban J connectivity index is 1.64. The summed E-state index contributed by atoms with van der Waals surface area (Å²) in [5.41, 5.74) is 1.75. The molecule has 3 rings (SSSR count). The molecule has 0 aliphatic carbocycles. The minimum atomic E-state index is 0.545.